The lowest BCUT2D eigenvalue weighted by Crippen LogP contribution is -2.38. The molecule has 0 aromatic heterocycles. The van der Waals surface area contributed by atoms with Gasteiger partial charge in [0.2, 0.25) is 0 Å². The summed E-state index contributed by atoms with van der Waals surface area (Å²) in [4.78, 5) is 0. The Morgan fingerprint density at radius 3 is 3.00 bits per heavy atom. The van der Waals surface area contributed by atoms with Crippen LogP contribution >= 0.6 is 0 Å². The van der Waals surface area contributed by atoms with Gasteiger partial charge in [0.15, 0.2) is 0 Å². The SMILES string of the molecule is COc1ccc(C#N)c(NC(C)C2CCCNC2)c1. The molecule has 102 valence electrons. The molecular weight excluding hydrogens is 238 g/mol. The summed E-state index contributed by atoms with van der Waals surface area (Å²) in [6.45, 7) is 4.34. The van der Waals surface area contributed by atoms with E-state index in [-0.39, 0.29) is 0 Å². The van der Waals surface area contributed by atoms with Crippen molar-refractivity contribution in [2.75, 3.05) is 25.5 Å². The number of methoxy groups -OCH3 is 1. The third-order valence-electron chi connectivity index (χ3n) is 3.77. The fourth-order valence-electron chi connectivity index (χ4n) is 2.54. The molecule has 2 unspecified atom stereocenters. The highest BCUT2D eigenvalue weighted by Gasteiger charge is 2.20. The predicted octanol–water partition coefficient (Wildman–Crippen LogP) is 2.37. The molecule has 1 aliphatic rings. The molecule has 0 bridgehead atoms. The average molecular weight is 259 g/mol. The van der Waals surface area contributed by atoms with E-state index in [1.54, 1.807) is 13.2 Å². The topological polar surface area (TPSA) is 57.1 Å². The fraction of sp³-hybridized carbons (Fsp3) is 0.533. The summed E-state index contributed by atoms with van der Waals surface area (Å²) in [6.07, 6.45) is 2.45. The zero-order valence-electron chi connectivity index (χ0n) is 11.6. The van der Waals surface area contributed by atoms with E-state index < -0.39 is 0 Å². The summed E-state index contributed by atoms with van der Waals surface area (Å²) in [7, 11) is 1.64. The fourth-order valence-corrected chi connectivity index (χ4v) is 2.54. The molecule has 2 rings (SSSR count). The first-order valence-corrected chi connectivity index (χ1v) is 6.80. The molecule has 1 aliphatic heterocycles. The normalized spacial score (nSPS) is 20.4. The van der Waals surface area contributed by atoms with Crippen molar-refractivity contribution in [1.29, 1.82) is 5.26 Å². The van der Waals surface area contributed by atoms with Crippen LogP contribution in [0.2, 0.25) is 0 Å². The smallest absolute Gasteiger partial charge is 0.121 e. The number of hydrogen-bond acceptors (Lipinski definition) is 4. The maximum absolute atomic E-state index is 9.16. The number of hydrogen-bond donors (Lipinski definition) is 2. The van der Waals surface area contributed by atoms with Gasteiger partial charge in [-0.1, -0.05) is 0 Å². The van der Waals surface area contributed by atoms with Gasteiger partial charge in [-0.2, -0.15) is 5.26 Å². The van der Waals surface area contributed by atoms with E-state index in [4.69, 9.17) is 10.00 Å². The van der Waals surface area contributed by atoms with Gasteiger partial charge in [-0.3, -0.25) is 0 Å². The first-order valence-electron chi connectivity index (χ1n) is 6.80. The van der Waals surface area contributed by atoms with E-state index in [0.29, 0.717) is 17.5 Å². The number of benzene rings is 1. The lowest BCUT2D eigenvalue weighted by atomic mass is 9.92. The highest BCUT2D eigenvalue weighted by Crippen LogP contribution is 2.25. The number of nitrogens with one attached hydrogen (secondary N) is 2. The van der Waals surface area contributed by atoms with E-state index in [9.17, 15) is 0 Å². The molecule has 4 heteroatoms. The van der Waals surface area contributed by atoms with Gasteiger partial charge in [-0.25, -0.2) is 0 Å². The Balaban J connectivity index is 2.10. The van der Waals surface area contributed by atoms with Crippen molar-refractivity contribution in [3.8, 4) is 11.8 Å². The Morgan fingerprint density at radius 1 is 1.53 bits per heavy atom. The zero-order valence-corrected chi connectivity index (χ0v) is 11.6. The number of nitriles is 1. The molecule has 1 aromatic rings. The Kier molecular flexibility index (Phi) is 4.64. The summed E-state index contributed by atoms with van der Waals surface area (Å²) < 4.78 is 5.22. The van der Waals surface area contributed by atoms with Crippen molar-refractivity contribution in [3.63, 3.8) is 0 Å². The Hall–Kier alpha value is -1.73. The summed E-state index contributed by atoms with van der Waals surface area (Å²) in [5.74, 6) is 1.38. The Bertz CT molecular complexity index is 461. The Labute approximate surface area is 114 Å². The molecule has 1 fully saturated rings. The molecule has 0 amide bonds. The molecule has 1 aromatic carbocycles. The van der Waals surface area contributed by atoms with E-state index in [1.807, 2.05) is 12.1 Å². The molecule has 1 saturated heterocycles. The number of nitrogens with zero attached hydrogens (tertiary/aromatic N) is 1. The van der Waals surface area contributed by atoms with Crippen LogP contribution in [0.1, 0.15) is 25.3 Å². The second kappa shape index (κ2) is 6.44. The van der Waals surface area contributed by atoms with Gasteiger partial charge >= 0.3 is 0 Å². The lowest BCUT2D eigenvalue weighted by molar-refractivity contribution is 0.347. The van der Waals surface area contributed by atoms with E-state index in [2.05, 4.69) is 23.6 Å². The quantitative estimate of drug-likeness (QED) is 0.871. The summed E-state index contributed by atoms with van der Waals surface area (Å²) >= 11 is 0. The first-order chi connectivity index (χ1) is 9.24. The monoisotopic (exact) mass is 259 g/mol. The molecule has 0 radical (unpaired) electrons. The summed E-state index contributed by atoms with van der Waals surface area (Å²) in [5.41, 5.74) is 1.52. The van der Waals surface area contributed by atoms with Crippen LogP contribution in [-0.4, -0.2) is 26.2 Å². The second-order valence-corrected chi connectivity index (χ2v) is 5.06. The number of piperidine rings is 1. The minimum Gasteiger partial charge on any atom is -0.497 e. The van der Waals surface area contributed by atoms with Crippen LogP contribution in [0.15, 0.2) is 18.2 Å². The van der Waals surface area contributed by atoms with Crippen molar-refractivity contribution in [2.45, 2.75) is 25.8 Å². The number of anilines is 1. The molecule has 2 atom stereocenters. The molecule has 1 heterocycles. The summed E-state index contributed by atoms with van der Waals surface area (Å²) in [5, 5.41) is 16.0. The van der Waals surface area contributed by atoms with E-state index in [0.717, 1.165) is 24.5 Å². The number of ether oxygens (including phenoxy) is 1. The van der Waals surface area contributed by atoms with Gasteiger partial charge in [0.1, 0.15) is 11.8 Å². The third-order valence-corrected chi connectivity index (χ3v) is 3.77. The van der Waals surface area contributed by atoms with Gasteiger partial charge < -0.3 is 15.4 Å². The minimum absolute atomic E-state index is 0.340. The minimum atomic E-state index is 0.340. The van der Waals surface area contributed by atoms with Crippen LogP contribution in [0, 0.1) is 17.2 Å². The highest BCUT2D eigenvalue weighted by molar-refractivity contribution is 5.60. The van der Waals surface area contributed by atoms with Crippen molar-refractivity contribution >= 4 is 5.69 Å². The van der Waals surface area contributed by atoms with Crippen LogP contribution in [0.25, 0.3) is 0 Å². The first kappa shape index (κ1) is 13.7. The maximum atomic E-state index is 9.16. The van der Waals surface area contributed by atoms with Crippen LogP contribution in [-0.2, 0) is 0 Å². The third kappa shape index (κ3) is 3.39. The van der Waals surface area contributed by atoms with Crippen LogP contribution in [0.5, 0.6) is 5.75 Å². The zero-order chi connectivity index (χ0) is 13.7. The molecule has 0 aliphatic carbocycles. The maximum Gasteiger partial charge on any atom is 0.121 e. The van der Waals surface area contributed by atoms with Crippen molar-refractivity contribution in [3.05, 3.63) is 23.8 Å². The molecule has 0 spiro atoms. The second-order valence-electron chi connectivity index (χ2n) is 5.06. The van der Waals surface area contributed by atoms with E-state index in [1.165, 1.54) is 12.8 Å². The molecule has 4 nitrogen and oxygen atoms in total. The molecule has 0 saturated carbocycles. The van der Waals surface area contributed by atoms with E-state index >= 15 is 0 Å². The van der Waals surface area contributed by atoms with Crippen molar-refractivity contribution < 1.29 is 4.74 Å². The van der Waals surface area contributed by atoms with Gasteiger partial charge in [-0.15, -0.1) is 0 Å². The molecular formula is C15H21N3O. The van der Waals surface area contributed by atoms with Gasteiger partial charge in [0.05, 0.1) is 18.4 Å². The predicted molar refractivity (Wildman–Crippen MR) is 76.4 cm³/mol. The summed E-state index contributed by atoms with van der Waals surface area (Å²) in [6, 6.07) is 8.07. The standard InChI is InChI=1S/C15H21N3O/c1-11(13-4-3-7-17-10-13)18-15-8-14(19-2)6-5-12(15)9-16/h5-6,8,11,13,17-18H,3-4,7,10H2,1-2H3. The van der Waals surface area contributed by atoms with Crippen molar-refractivity contribution in [1.82, 2.24) is 5.32 Å². The van der Waals surface area contributed by atoms with Gasteiger partial charge in [0.25, 0.3) is 0 Å². The van der Waals surface area contributed by atoms with Gasteiger partial charge in [0, 0.05) is 12.1 Å². The molecule has 2 N–H and O–H groups in total. The van der Waals surface area contributed by atoms with Crippen molar-refractivity contribution in [2.24, 2.45) is 5.92 Å². The Morgan fingerprint density at radius 2 is 2.37 bits per heavy atom. The molecule has 19 heavy (non-hydrogen) atoms. The van der Waals surface area contributed by atoms with Crippen LogP contribution in [0.3, 0.4) is 0 Å². The van der Waals surface area contributed by atoms with Crippen LogP contribution < -0.4 is 15.4 Å². The van der Waals surface area contributed by atoms with Crippen LogP contribution in [0.4, 0.5) is 5.69 Å². The largest absolute Gasteiger partial charge is 0.497 e. The lowest BCUT2D eigenvalue weighted by Gasteiger charge is -2.30. The number of rotatable bonds is 4. The van der Waals surface area contributed by atoms with Gasteiger partial charge in [-0.05, 0) is 50.9 Å². The highest BCUT2D eigenvalue weighted by atomic mass is 16.5. The average Bonchev–Trinajstić information content (AvgIpc) is 2.48.